The molecule has 1 unspecified atom stereocenters. The number of ether oxygens (including phenoxy) is 1. The highest BCUT2D eigenvalue weighted by Gasteiger charge is 2.10. The number of aryl methyl sites for hydroxylation is 1. The molecule has 5 heteroatoms. The first-order chi connectivity index (χ1) is 9.10. The second-order valence-corrected chi connectivity index (χ2v) is 4.78. The number of methoxy groups -OCH3 is 1. The molecule has 0 aliphatic heterocycles. The normalized spacial score (nSPS) is 12.2. The Bertz CT molecular complexity index is 574. The Morgan fingerprint density at radius 2 is 2.11 bits per heavy atom. The van der Waals surface area contributed by atoms with Crippen molar-refractivity contribution < 1.29 is 4.74 Å². The highest BCUT2D eigenvalue weighted by molar-refractivity contribution is 6.31. The number of rotatable bonds is 4. The first-order valence-electron chi connectivity index (χ1n) is 5.96. The van der Waals surface area contributed by atoms with Gasteiger partial charge < -0.3 is 10.5 Å². The minimum atomic E-state index is -0.155. The molecule has 19 heavy (non-hydrogen) atoms. The quantitative estimate of drug-likeness (QED) is 0.933. The van der Waals surface area contributed by atoms with E-state index in [2.05, 4.69) is 9.97 Å². The minimum Gasteiger partial charge on any atom is -0.481 e. The summed E-state index contributed by atoms with van der Waals surface area (Å²) in [5, 5.41) is 0.730. The maximum atomic E-state index is 6.18. The van der Waals surface area contributed by atoms with Crippen LogP contribution in [-0.4, -0.2) is 17.1 Å². The van der Waals surface area contributed by atoms with Crippen LogP contribution in [0.2, 0.25) is 5.02 Å². The van der Waals surface area contributed by atoms with E-state index in [0.29, 0.717) is 12.3 Å². The summed E-state index contributed by atoms with van der Waals surface area (Å²) in [4.78, 5) is 8.16. The Labute approximate surface area is 117 Å². The average Bonchev–Trinajstić information content (AvgIpc) is 2.42. The van der Waals surface area contributed by atoms with E-state index < -0.39 is 0 Å². The number of halogens is 1. The number of nitrogens with zero attached hydrogens (tertiary/aromatic N) is 2. The van der Waals surface area contributed by atoms with E-state index in [1.54, 1.807) is 13.2 Å². The molecule has 1 aromatic heterocycles. The average molecular weight is 278 g/mol. The van der Waals surface area contributed by atoms with Gasteiger partial charge in [-0.1, -0.05) is 23.7 Å². The number of nitrogens with two attached hydrogens (primary N) is 1. The van der Waals surface area contributed by atoms with Gasteiger partial charge in [-0.25, -0.2) is 9.97 Å². The first-order valence-corrected chi connectivity index (χ1v) is 6.34. The Morgan fingerprint density at radius 3 is 2.79 bits per heavy atom. The Morgan fingerprint density at radius 1 is 1.32 bits per heavy atom. The molecule has 0 bridgehead atoms. The second kappa shape index (κ2) is 5.99. The van der Waals surface area contributed by atoms with Gasteiger partial charge in [-0.05, 0) is 24.1 Å². The van der Waals surface area contributed by atoms with E-state index in [1.165, 1.54) is 6.33 Å². The highest BCUT2D eigenvalue weighted by atomic mass is 35.5. The van der Waals surface area contributed by atoms with Crippen LogP contribution in [0, 0.1) is 6.92 Å². The molecule has 0 radical (unpaired) electrons. The van der Waals surface area contributed by atoms with Crippen molar-refractivity contribution in [3.8, 4) is 5.88 Å². The van der Waals surface area contributed by atoms with E-state index in [0.717, 1.165) is 21.8 Å². The molecule has 1 atom stereocenters. The van der Waals surface area contributed by atoms with Crippen molar-refractivity contribution in [2.75, 3.05) is 7.11 Å². The summed E-state index contributed by atoms with van der Waals surface area (Å²) in [7, 11) is 1.58. The number of aromatic nitrogens is 2. The molecular weight excluding hydrogens is 262 g/mol. The fraction of sp³-hybridized carbons (Fsp3) is 0.286. The lowest BCUT2D eigenvalue weighted by atomic mass is 10.0. The predicted molar refractivity (Wildman–Crippen MR) is 75.4 cm³/mol. The van der Waals surface area contributed by atoms with Crippen LogP contribution >= 0.6 is 11.6 Å². The largest absolute Gasteiger partial charge is 0.481 e. The van der Waals surface area contributed by atoms with Crippen LogP contribution in [0.1, 0.15) is 22.9 Å². The maximum absolute atomic E-state index is 6.18. The smallest absolute Gasteiger partial charge is 0.216 e. The van der Waals surface area contributed by atoms with Crippen LogP contribution in [0.15, 0.2) is 30.6 Å². The topological polar surface area (TPSA) is 61.0 Å². The molecule has 0 spiro atoms. The van der Waals surface area contributed by atoms with Crippen molar-refractivity contribution in [3.63, 3.8) is 0 Å². The summed E-state index contributed by atoms with van der Waals surface area (Å²) >= 11 is 6.11. The molecule has 2 aromatic rings. The van der Waals surface area contributed by atoms with E-state index in [-0.39, 0.29) is 6.04 Å². The zero-order valence-electron chi connectivity index (χ0n) is 10.9. The van der Waals surface area contributed by atoms with Gasteiger partial charge in [-0.2, -0.15) is 0 Å². The third kappa shape index (κ3) is 3.43. The highest BCUT2D eigenvalue weighted by Crippen LogP contribution is 2.22. The van der Waals surface area contributed by atoms with Gasteiger partial charge in [0.25, 0.3) is 0 Å². The molecule has 0 aliphatic carbocycles. The maximum Gasteiger partial charge on any atom is 0.216 e. The van der Waals surface area contributed by atoms with Gasteiger partial charge in [0.15, 0.2) is 0 Å². The SMILES string of the molecule is COc1cc(CC(N)c2ccc(C)c(Cl)c2)ncn1. The molecule has 100 valence electrons. The molecule has 0 amide bonds. The molecule has 2 N–H and O–H groups in total. The van der Waals surface area contributed by atoms with E-state index in [1.807, 2.05) is 25.1 Å². The van der Waals surface area contributed by atoms with E-state index in [9.17, 15) is 0 Å². The summed E-state index contributed by atoms with van der Waals surface area (Å²) in [5.74, 6) is 0.541. The fourth-order valence-electron chi connectivity index (χ4n) is 1.78. The van der Waals surface area contributed by atoms with E-state index in [4.69, 9.17) is 22.1 Å². The summed E-state index contributed by atoms with van der Waals surface area (Å²) in [6, 6.07) is 7.50. The zero-order valence-corrected chi connectivity index (χ0v) is 11.7. The molecule has 2 rings (SSSR count). The Hall–Kier alpha value is -1.65. The Balaban J connectivity index is 2.15. The molecule has 1 heterocycles. The third-order valence-electron chi connectivity index (χ3n) is 2.96. The van der Waals surface area contributed by atoms with Crippen molar-refractivity contribution in [3.05, 3.63) is 52.4 Å². The van der Waals surface area contributed by atoms with Crippen LogP contribution in [-0.2, 0) is 6.42 Å². The molecule has 0 aliphatic rings. The van der Waals surface area contributed by atoms with Crippen molar-refractivity contribution in [1.82, 2.24) is 9.97 Å². The monoisotopic (exact) mass is 277 g/mol. The van der Waals surface area contributed by atoms with Crippen LogP contribution in [0.4, 0.5) is 0 Å². The number of hydrogen-bond donors (Lipinski definition) is 1. The lowest BCUT2D eigenvalue weighted by molar-refractivity contribution is 0.395. The third-order valence-corrected chi connectivity index (χ3v) is 3.37. The number of hydrogen-bond acceptors (Lipinski definition) is 4. The van der Waals surface area contributed by atoms with Crippen LogP contribution in [0.3, 0.4) is 0 Å². The van der Waals surface area contributed by atoms with Crippen molar-refractivity contribution in [2.24, 2.45) is 5.73 Å². The number of benzene rings is 1. The molecule has 0 fully saturated rings. The molecular formula is C14H16ClN3O. The van der Waals surface area contributed by atoms with Crippen LogP contribution < -0.4 is 10.5 Å². The predicted octanol–water partition coefficient (Wildman–Crippen LogP) is 2.69. The summed E-state index contributed by atoms with van der Waals surface area (Å²) in [6.07, 6.45) is 2.08. The van der Waals surface area contributed by atoms with Gasteiger partial charge >= 0.3 is 0 Å². The molecule has 0 saturated carbocycles. The van der Waals surface area contributed by atoms with Crippen LogP contribution in [0.25, 0.3) is 0 Å². The van der Waals surface area contributed by atoms with Gasteiger partial charge in [0.2, 0.25) is 5.88 Å². The fourth-order valence-corrected chi connectivity index (χ4v) is 1.97. The summed E-state index contributed by atoms with van der Waals surface area (Å²) in [6.45, 7) is 1.97. The second-order valence-electron chi connectivity index (χ2n) is 4.37. The summed E-state index contributed by atoms with van der Waals surface area (Å²) < 4.78 is 5.06. The zero-order chi connectivity index (χ0) is 13.8. The van der Waals surface area contributed by atoms with Gasteiger partial charge in [-0.15, -0.1) is 0 Å². The van der Waals surface area contributed by atoms with Gasteiger partial charge in [0, 0.05) is 29.2 Å². The molecule has 0 saturated heterocycles. The van der Waals surface area contributed by atoms with Crippen molar-refractivity contribution in [1.29, 1.82) is 0 Å². The standard InChI is InChI=1S/C14H16ClN3O/c1-9-3-4-10(5-12(9)15)13(16)6-11-7-14(19-2)18-8-17-11/h3-5,7-8,13H,6,16H2,1-2H3. The minimum absolute atomic E-state index is 0.155. The van der Waals surface area contributed by atoms with Gasteiger partial charge in [0.1, 0.15) is 6.33 Å². The van der Waals surface area contributed by atoms with Crippen LogP contribution in [0.5, 0.6) is 5.88 Å². The van der Waals surface area contributed by atoms with Gasteiger partial charge in [-0.3, -0.25) is 0 Å². The summed E-state index contributed by atoms with van der Waals surface area (Å²) in [5.41, 5.74) is 9.06. The Kier molecular flexibility index (Phi) is 4.35. The first kappa shape index (κ1) is 13.8. The lowest BCUT2D eigenvalue weighted by Crippen LogP contribution is -2.14. The lowest BCUT2D eigenvalue weighted by Gasteiger charge is -2.13. The molecule has 4 nitrogen and oxygen atoms in total. The van der Waals surface area contributed by atoms with E-state index >= 15 is 0 Å². The molecule has 1 aromatic carbocycles. The van der Waals surface area contributed by atoms with Crippen molar-refractivity contribution in [2.45, 2.75) is 19.4 Å². The van der Waals surface area contributed by atoms with Crippen molar-refractivity contribution >= 4 is 11.6 Å². The van der Waals surface area contributed by atoms with Gasteiger partial charge in [0.05, 0.1) is 7.11 Å².